The van der Waals surface area contributed by atoms with Crippen LogP contribution in [-0.2, 0) is 6.54 Å². The van der Waals surface area contributed by atoms with Crippen molar-refractivity contribution in [3.05, 3.63) is 29.8 Å². The van der Waals surface area contributed by atoms with E-state index in [1.54, 1.807) is 0 Å². The molecule has 0 aliphatic carbocycles. The third-order valence-corrected chi connectivity index (χ3v) is 3.89. The lowest BCUT2D eigenvalue weighted by atomic mass is 9.87. The monoisotopic (exact) mass is 262 g/mol. The fourth-order valence-corrected chi connectivity index (χ4v) is 1.98. The molecule has 0 saturated heterocycles. The molecule has 1 aromatic rings. The molecule has 0 bridgehead atoms. The zero-order valence-electron chi connectivity index (χ0n) is 13.6. The van der Waals surface area contributed by atoms with Crippen molar-refractivity contribution in [3.8, 4) is 0 Å². The summed E-state index contributed by atoms with van der Waals surface area (Å²) in [6.45, 7) is 14.4. The van der Waals surface area contributed by atoms with E-state index in [2.05, 4.69) is 83.1 Å². The molecule has 108 valence electrons. The van der Waals surface area contributed by atoms with Crippen LogP contribution in [0.25, 0.3) is 0 Å². The Balaban J connectivity index is 2.70. The van der Waals surface area contributed by atoms with Crippen molar-refractivity contribution in [2.24, 2.45) is 5.41 Å². The van der Waals surface area contributed by atoms with Crippen LogP contribution in [0.4, 0.5) is 5.69 Å². The van der Waals surface area contributed by atoms with Crippen LogP contribution in [-0.4, -0.2) is 19.1 Å². The van der Waals surface area contributed by atoms with Gasteiger partial charge in [0.25, 0.3) is 0 Å². The molecule has 1 N–H and O–H groups in total. The molecule has 0 saturated carbocycles. The Kier molecular flexibility index (Phi) is 5.42. The lowest BCUT2D eigenvalue weighted by molar-refractivity contribution is 0.330. The third kappa shape index (κ3) is 4.87. The third-order valence-electron chi connectivity index (χ3n) is 3.89. The first-order chi connectivity index (χ1) is 8.71. The van der Waals surface area contributed by atoms with Crippen molar-refractivity contribution < 1.29 is 0 Å². The van der Waals surface area contributed by atoms with Crippen molar-refractivity contribution in [1.82, 2.24) is 5.32 Å². The highest BCUT2D eigenvalue weighted by molar-refractivity contribution is 5.48. The van der Waals surface area contributed by atoms with Crippen LogP contribution in [0.2, 0.25) is 0 Å². The van der Waals surface area contributed by atoms with Gasteiger partial charge in [-0.1, -0.05) is 46.8 Å². The van der Waals surface area contributed by atoms with Gasteiger partial charge >= 0.3 is 0 Å². The fourth-order valence-electron chi connectivity index (χ4n) is 1.98. The molecule has 2 nitrogen and oxygen atoms in total. The largest absolute Gasteiger partial charge is 0.371 e. The van der Waals surface area contributed by atoms with Gasteiger partial charge in [0, 0.05) is 31.4 Å². The summed E-state index contributed by atoms with van der Waals surface area (Å²) in [5, 5.41) is 3.44. The zero-order valence-corrected chi connectivity index (χ0v) is 13.6. The minimum absolute atomic E-state index is 0.284. The van der Waals surface area contributed by atoms with Crippen molar-refractivity contribution in [2.75, 3.05) is 11.9 Å². The summed E-state index contributed by atoms with van der Waals surface area (Å²) in [7, 11) is 2.18. The Morgan fingerprint density at radius 3 is 2.00 bits per heavy atom. The Labute approximate surface area is 119 Å². The molecular weight excluding hydrogens is 232 g/mol. The standard InChI is InChI=1S/C17H30N2/c1-13(2)18-12-15-8-10-16(11-9-15)19(7)14(3)17(4,5)6/h8-11,13-14,18H,12H2,1-7H3. The van der Waals surface area contributed by atoms with Crippen molar-refractivity contribution in [3.63, 3.8) is 0 Å². The van der Waals surface area contributed by atoms with Gasteiger partial charge in [0.15, 0.2) is 0 Å². The average Bonchev–Trinajstić information content (AvgIpc) is 2.34. The van der Waals surface area contributed by atoms with Crippen molar-refractivity contribution in [1.29, 1.82) is 0 Å². The summed E-state index contributed by atoms with van der Waals surface area (Å²) < 4.78 is 0. The van der Waals surface area contributed by atoms with E-state index in [9.17, 15) is 0 Å². The molecule has 1 rings (SSSR count). The summed E-state index contributed by atoms with van der Waals surface area (Å²) in [4.78, 5) is 2.36. The molecule has 0 amide bonds. The summed E-state index contributed by atoms with van der Waals surface area (Å²) in [6, 6.07) is 9.92. The first-order valence-corrected chi connectivity index (χ1v) is 7.27. The van der Waals surface area contributed by atoms with Crippen LogP contribution >= 0.6 is 0 Å². The van der Waals surface area contributed by atoms with E-state index >= 15 is 0 Å². The van der Waals surface area contributed by atoms with Crippen LogP contribution in [0.15, 0.2) is 24.3 Å². The van der Waals surface area contributed by atoms with Crippen molar-refractivity contribution in [2.45, 2.75) is 60.2 Å². The molecule has 0 fully saturated rings. The van der Waals surface area contributed by atoms with Gasteiger partial charge in [0.1, 0.15) is 0 Å². The average molecular weight is 262 g/mol. The second kappa shape index (κ2) is 6.42. The lowest BCUT2D eigenvalue weighted by Crippen LogP contribution is -2.39. The molecule has 19 heavy (non-hydrogen) atoms. The topological polar surface area (TPSA) is 15.3 Å². The van der Waals surface area contributed by atoms with Crippen LogP contribution in [0, 0.1) is 5.41 Å². The van der Waals surface area contributed by atoms with Gasteiger partial charge in [-0.2, -0.15) is 0 Å². The number of nitrogens with zero attached hydrogens (tertiary/aromatic N) is 1. The van der Waals surface area contributed by atoms with Crippen molar-refractivity contribution >= 4 is 5.69 Å². The van der Waals surface area contributed by atoms with Gasteiger partial charge in [-0.15, -0.1) is 0 Å². The highest BCUT2D eigenvalue weighted by atomic mass is 15.1. The van der Waals surface area contributed by atoms with Gasteiger partial charge < -0.3 is 10.2 Å². The molecule has 0 aliphatic heterocycles. The molecule has 0 heterocycles. The number of rotatable bonds is 5. The molecule has 0 spiro atoms. The maximum Gasteiger partial charge on any atom is 0.0366 e. The number of benzene rings is 1. The zero-order chi connectivity index (χ0) is 14.6. The van der Waals surface area contributed by atoms with Crippen LogP contribution in [0.1, 0.15) is 47.1 Å². The van der Waals surface area contributed by atoms with E-state index in [1.807, 2.05) is 0 Å². The molecule has 0 aliphatic rings. The second-order valence-electron chi connectivity index (χ2n) is 6.85. The molecule has 1 aromatic carbocycles. The quantitative estimate of drug-likeness (QED) is 0.861. The lowest BCUT2D eigenvalue weighted by Gasteiger charge is -2.37. The van der Waals surface area contributed by atoms with Gasteiger partial charge in [-0.05, 0) is 30.0 Å². The van der Waals surface area contributed by atoms with Gasteiger partial charge in [0.05, 0.1) is 0 Å². The highest BCUT2D eigenvalue weighted by Gasteiger charge is 2.23. The van der Waals surface area contributed by atoms with Gasteiger partial charge in [-0.25, -0.2) is 0 Å². The van der Waals surface area contributed by atoms with E-state index in [1.165, 1.54) is 11.3 Å². The Bertz CT molecular complexity index is 373. The normalized spacial score (nSPS) is 13.7. The van der Waals surface area contributed by atoms with Crippen LogP contribution < -0.4 is 10.2 Å². The molecule has 0 radical (unpaired) electrons. The molecular formula is C17H30N2. The molecule has 1 unspecified atom stereocenters. The van der Waals surface area contributed by atoms with Crippen LogP contribution in [0.3, 0.4) is 0 Å². The Morgan fingerprint density at radius 1 is 1.05 bits per heavy atom. The molecule has 2 heteroatoms. The number of hydrogen-bond acceptors (Lipinski definition) is 2. The Hall–Kier alpha value is -1.02. The minimum Gasteiger partial charge on any atom is -0.371 e. The van der Waals surface area contributed by atoms with E-state index < -0.39 is 0 Å². The van der Waals surface area contributed by atoms with Gasteiger partial charge in [-0.3, -0.25) is 0 Å². The summed E-state index contributed by atoms with van der Waals surface area (Å²) in [6.07, 6.45) is 0. The number of hydrogen-bond donors (Lipinski definition) is 1. The van der Waals surface area contributed by atoms with E-state index in [4.69, 9.17) is 0 Å². The maximum absolute atomic E-state index is 3.44. The Morgan fingerprint density at radius 2 is 1.58 bits per heavy atom. The predicted octanol–water partition coefficient (Wildman–Crippen LogP) is 4.06. The number of nitrogens with one attached hydrogen (secondary N) is 1. The summed E-state index contributed by atoms with van der Waals surface area (Å²) >= 11 is 0. The first-order valence-electron chi connectivity index (χ1n) is 7.27. The van der Waals surface area contributed by atoms with E-state index in [-0.39, 0.29) is 5.41 Å². The maximum atomic E-state index is 3.44. The predicted molar refractivity (Wildman–Crippen MR) is 85.7 cm³/mol. The minimum atomic E-state index is 0.284. The highest BCUT2D eigenvalue weighted by Crippen LogP contribution is 2.27. The van der Waals surface area contributed by atoms with E-state index in [0.717, 1.165) is 6.54 Å². The number of anilines is 1. The first kappa shape index (κ1) is 16.0. The summed E-state index contributed by atoms with van der Waals surface area (Å²) in [5.41, 5.74) is 2.91. The summed E-state index contributed by atoms with van der Waals surface area (Å²) in [5.74, 6) is 0. The molecule has 0 aromatic heterocycles. The second-order valence-corrected chi connectivity index (χ2v) is 6.85. The van der Waals surface area contributed by atoms with Crippen LogP contribution in [0.5, 0.6) is 0 Å². The molecule has 1 atom stereocenters. The SMILES string of the molecule is CC(C)NCc1ccc(N(C)C(C)C(C)(C)C)cc1. The fraction of sp³-hybridized carbons (Fsp3) is 0.647. The van der Waals surface area contributed by atoms with Gasteiger partial charge in [0.2, 0.25) is 0 Å². The van der Waals surface area contributed by atoms with E-state index in [0.29, 0.717) is 12.1 Å². The smallest absolute Gasteiger partial charge is 0.0366 e.